The Balaban J connectivity index is -0.00000000500. The molecule has 0 amide bonds. The standard InChI is InChI=1S/Co.2Li.O. The first-order valence-electron chi connectivity index (χ1n) is 0.136. The molecule has 2 radical (unpaired) electrons. The molecule has 0 saturated carbocycles. The van der Waals surface area contributed by atoms with E-state index in [-0.39, 0.29) is 37.7 Å². The predicted molar refractivity (Wildman–Crippen MR) is 12.2 cm³/mol. The summed E-state index contributed by atoms with van der Waals surface area (Å²) >= 11 is 2.31. The van der Waals surface area contributed by atoms with Crippen molar-refractivity contribution < 1.29 is 19.5 Å². The van der Waals surface area contributed by atoms with Crippen LogP contribution in [0.25, 0.3) is 0 Å². The molecule has 0 heterocycles. The van der Waals surface area contributed by atoms with E-state index in [9.17, 15) is 0 Å². The third-order valence-corrected chi connectivity index (χ3v) is 0. The van der Waals surface area contributed by atoms with Gasteiger partial charge in [-0.25, -0.2) is 0 Å². The van der Waals surface area contributed by atoms with E-state index in [1.807, 2.05) is 0 Å². The Kier molecular flexibility index (Phi) is 109. The summed E-state index contributed by atoms with van der Waals surface area (Å²) in [6, 6.07) is 0. The maximum absolute atomic E-state index is 7.94. The average Bonchev–Trinajstić information content (AvgIpc) is 1.00. The van der Waals surface area contributed by atoms with Gasteiger partial charge in [0, 0.05) is 37.7 Å². The van der Waals surface area contributed by atoms with Crippen molar-refractivity contribution in [2.24, 2.45) is 0 Å². The molecule has 0 aromatic carbocycles. The Morgan fingerprint density at radius 2 is 1.00 bits per heavy atom. The Bertz CT molecular complexity index is 6.00. The molecule has 0 aliphatic rings. The van der Waals surface area contributed by atoms with Crippen LogP contribution in [0, 0.1) is 0 Å². The molecule has 0 spiro atoms. The fraction of sp³-hybridized carbons (Fsp3) is 0. The third kappa shape index (κ3) is 9.72. The first-order valence-corrected chi connectivity index (χ1v) is 0.561. The van der Waals surface area contributed by atoms with Crippen LogP contribution in [0.4, 0.5) is 0 Å². The molecule has 0 aliphatic carbocycles. The van der Waals surface area contributed by atoms with Crippen LogP contribution in [0.1, 0.15) is 0 Å². The third-order valence-electron chi connectivity index (χ3n) is 0. The molecule has 0 saturated heterocycles. The minimum atomic E-state index is 0. The van der Waals surface area contributed by atoms with Gasteiger partial charge in [-0.05, 0) is 0 Å². The molecular formula is CoLi2O. The van der Waals surface area contributed by atoms with Gasteiger partial charge in [0.15, 0.2) is 0 Å². The van der Waals surface area contributed by atoms with Gasteiger partial charge < -0.3 is 0 Å². The van der Waals surface area contributed by atoms with E-state index in [2.05, 4.69) is 15.7 Å². The predicted octanol–water partition coefficient (Wildman–Crippen LogP) is -0.883. The van der Waals surface area contributed by atoms with Gasteiger partial charge in [0.05, 0.1) is 0 Å². The van der Waals surface area contributed by atoms with Crippen LogP contribution in [0.5, 0.6) is 0 Å². The molecule has 0 fully saturated rings. The van der Waals surface area contributed by atoms with Crippen molar-refractivity contribution in [3.05, 3.63) is 0 Å². The molecule has 0 N–H and O–H groups in total. The normalized spacial score (nSPS) is 1.25. The van der Waals surface area contributed by atoms with Gasteiger partial charge in [-0.15, -0.1) is 0 Å². The summed E-state index contributed by atoms with van der Waals surface area (Å²) in [5.74, 6) is 0. The van der Waals surface area contributed by atoms with Gasteiger partial charge in [-0.2, -0.15) is 0 Å². The van der Waals surface area contributed by atoms with E-state index in [0.29, 0.717) is 0 Å². The van der Waals surface area contributed by atoms with E-state index in [0.717, 1.165) is 0 Å². The fourth-order valence-corrected chi connectivity index (χ4v) is 0. The van der Waals surface area contributed by atoms with Crippen molar-refractivity contribution in [2.75, 3.05) is 0 Å². The summed E-state index contributed by atoms with van der Waals surface area (Å²) in [7, 11) is 0. The van der Waals surface area contributed by atoms with Crippen LogP contribution < -0.4 is 0 Å². The second-order valence-corrected chi connectivity index (χ2v) is 0. The Morgan fingerprint density at radius 1 is 1.00 bits per heavy atom. The Morgan fingerprint density at radius 3 is 1.00 bits per heavy atom. The minimum absolute atomic E-state index is 0. The second-order valence-electron chi connectivity index (χ2n) is 0. The maximum atomic E-state index is 7.94. The topological polar surface area (TPSA) is 17.1 Å². The molecule has 4 heteroatoms. The van der Waals surface area contributed by atoms with Crippen LogP contribution in [0.2, 0.25) is 0 Å². The molecule has 17 valence electrons. The van der Waals surface area contributed by atoms with Crippen molar-refractivity contribution >= 4 is 37.7 Å². The summed E-state index contributed by atoms with van der Waals surface area (Å²) in [6.45, 7) is 0. The summed E-state index contributed by atoms with van der Waals surface area (Å²) in [5, 5.41) is 0. The molecular weight excluding hydrogens is 88.8 g/mol. The van der Waals surface area contributed by atoms with Crippen LogP contribution >= 0.6 is 0 Å². The molecule has 0 aliphatic heterocycles. The zero-order valence-corrected chi connectivity index (χ0v) is 3.78. The van der Waals surface area contributed by atoms with E-state index in [4.69, 9.17) is 3.87 Å². The van der Waals surface area contributed by atoms with E-state index in [1.54, 1.807) is 0 Å². The van der Waals surface area contributed by atoms with Gasteiger partial charge in [0.1, 0.15) is 0 Å². The zero-order valence-electron chi connectivity index (χ0n) is 2.74. The van der Waals surface area contributed by atoms with Gasteiger partial charge in [-0.3, -0.25) is 0 Å². The SMILES string of the molecule is [Li].[Li].[O]=[Co]. The molecule has 0 rings (SSSR count). The monoisotopic (exact) mass is 89.0 g/mol. The number of hydrogen-bond donors (Lipinski definition) is 0. The summed E-state index contributed by atoms with van der Waals surface area (Å²) < 4.78 is 7.94. The van der Waals surface area contributed by atoms with E-state index in [1.165, 1.54) is 0 Å². The number of hydrogen-bond acceptors (Lipinski definition) is 1. The summed E-state index contributed by atoms with van der Waals surface area (Å²) in [5.41, 5.74) is 0. The van der Waals surface area contributed by atoms with Crippen LogP contribution in [-0.2, 0) is 19.5 Å². The molecule has 0 aromatic heterocycles. The van der Waals surface area contributed by atoms with Crippen molar-refractivity contribution in [3.8, 4) is 0 Å². The second kappa shape index (κ2) is 24.5. The Hall–Kier alpha value is 1.50. The molecule has 1 nitrogen and oxygen atoms in total. The fourth-order valence-electron chi connectivity index (χ4n) is 0. The molecule has 0 atom stereocenters. The quantitative estimate of drug-likeness (QED) is 0.352. The van der Waals surface area contributed by atoms with Gasteiger partial charge >= 0.3 is 19.5 Å². The first-order chi connectivity index (χ1) is 1.00. The molecule has 0 aromatic rings. The Labute approximate surface area is 57.0 Å². The average molecular weight is 88.8 g/mol. The molecule has 4 heavy (non-hydrogen) atoms. The van der Waals surface area contributed by atoms with Crippen LogP contribution in [-0.4, -0.2) is 37.7 Å². The van der Waals surface area contributed by atoms with E-state index >= 15 is 0 Å². The zero-order chi connectivity index (χ0) is 2.00. The van der Waals surface area contributed by atoms with Gasteiger partial charge in [0.2, 0.25) is 0 Å². The number of rotatable bonds is 0. The van der Waals surface area contributed by atoms with Crippen molar-refractivity contribution in [3.63, 3.8) is 0 Å². The molecule has 0 unspecified atom stereocenters. The van der Waals surface area contributed by atoms with Crippen molar-refractivity contribution in [1.82, 2.24) is 0 Å². The van der Waals surface area contributed by atoms with Crippen molar-refractivity contribution in [1.29, 1.82) is 0 Å². The summed E-state index contributed by atoms with van der Waals surface area (Å²) in [6.07, 6.45) is 0. The van der Waals surface area contributed by atoms with Gasteiger partial charge in [-0.1, -0.05) is 0 Å². The van der Waals surface area contributed by atoms with Gasteiger partial charge in [0.25, 0.3) is 0 Å². The summed E-state index contributed by atoms with van der Waals surface area (Å²) in [4.78, 5) is 0. The van der Waals surface area contributed by atoms with E-state index < -0.39 is 0 Å². The van der Waals surface area contributed by atoms with Crippen LogP contribution in [0.3, 0.4) is 0 Å². The first kappa shape index (κ1) is 17.8. The van der Waals surface area contributed by atoms with Crippen molar-refractivity contribution in [2.45, 2.75) is 0 Å². The van der Waals surface area contributed by atoms with Crippen LogP contribution in [0.15, 0.2) is 0 Å². The molecule has 0 bridgehead atoms.